The molecular formula is C17H15N3O. The van der Waals surface area contributed by atoms with E-state index in [4.69, 9.17) is 5.73 Å². The van der Waals surface area contributed by atoms with Crippen molar-refractivity contribution in [3.8, 4) is 0 Å². The number of amides is 1. The molecule has 0 saturated carbocycles. The molecule has 21 heavy (non-hydrogen) atoms. The Labute approximate surface area is 122 Å². The first-order chi connectivity index (χ1) is 10.3. The monoisotopic (exact) mass is 277 g/mol. The molecule has 4 heteroatoms. The van der Waals surface area contributed by atoms with Crippen molar-refractivity contribution < 1.29 is 4.79 Å². The summed E-state index contributed by atoms with van der Waals surface area (Å²) in [6, 6.07) is 17.2. The highest BCUT2D eigenvalue weighted by atomic mass is 16.1. The van der Waals surface area contributed by atoms with Crippen LogP contribution in [0, 0.1) is 0 Å². The van der Waals surface area contributed by atoms with Gasteiger partial charge >= 0.3 is 0 Å². The van der Waals surface area contributed by atoms with Crippen LogP contribution in [0.2, 0.25) is 0 Å². The lowest BCUT2D eigenvalue weighted by atomic mass is 10.1. The second-order valence-electron chi connectivity index (χ2n) is 4.76. The topological polar surface area (TPSA) is 68.0 Å². The van der Waals surface area contributed by atoms with Gasteiger partial charge in [-0.25, -0.2) is 0 Å². The fourth-order valence-electron chi connectivity index (χ4n) is 2.20. The molecule has 0 saturated heterocycles. The van der Waals surface area contributed by atoms with Gasteiger partial charge in [0.1, 0.15) is 0 Å². The standard InChI is InChI=1S/C17H15N3O/c18-11-16-10-14(7-8-19-16)17(21)20-15-6-5-12-3-1-2-4-13(12)9-15/h1-10H,11,18H2,(H,20,21). The molecule has 3 rings (SSSR count). The SMILES string of the molecule is NCc1cc(C(=O)Nc2ccc3ccccc3c2)ccn1. The minimum Gasteiger partial charge on any atom is -0.325 e. The molecule has 0 atom stereocenters. The summed E-state index contributed by atoms with van der Waals surface area (Å²) in [7, 11) is 0. The number of hydrogen-bond acceptors (Lipinski definition) is 3. The maximum absolute atomic E-state index is 12.2. The number of fused-ring (bicyclic) bond motifs is 1. The molecule has 4 nitrogen and oxygen atoms in total. The quantitative estimate of drug-likeness (QED) is 0.773. The average Bonchev–Trinajstić information content (AvgIpc) is 2.54. The summed E-state index contributed by atoms with van der Waals surface area (Å²) in [6.45, 7) is 0.317. The van der Waals surface area contributed by atoms with E-state index in [0.29, 0.717) is 17.8 Å². The van der Waals surface area contributed by atoms with Crippen molar-refractivity contribution in [3.05, 3.63) is 72.1 Å². The van der Waals surface area contributed by atoms with Gasteiger partial charge in [0.05, 0.1) is 5.69 Å². The largest absolute Gasteiger partial charge is 0.325 e. The Morgan fingerprint density at radius 3 is 2.67 bits per heavy atom. The van der Waals surface area contributed by atoms with Crippen LogP contribution in [0.1, 0.15) is 16.1 Å². The summed E-state index contributed by atoms with van der Waals surface area (Å²) in [5.41, 5.74) is 7.56. The van der Waals surface area contributed by atoms with Gasteiger partial charge in [-0.2, -0.15) is 0 Å². The van der Waals surface area contributed by atoms with Crippen molar-refractivity contribution in [1.82, 2.24) is 4.98 Å². The van der Waals surface area contributed by atoms with Gasteiger partial charge < -0.3 is 11.1 Å². The number of carbonyl (C=O) groups is 1. The van der Waals surface area contributed by atoms with Crippen LogP contribution in [0.15, 0.2) is 60.8 Å². The van der Waals surface area contributed by atoms with Crippen LogP contribution in [-0.2, 0) is 6.54 Å². The lowest BCUT2D eigenvalue weighted by Gasteiger charge is -2.07. The van der Waals surface area contributed by atoms with Crippen molar-refractivity contribution in [3.63, 3.8) is 0 Å². The molecule has 0 spiro atoms. The molecule has 0 aliphatic rings. The molecule has 3 N–H and O–H groups in total. The van der Waals surface area contributed by atoms with E-state index in [1.54, 1.807) is 18.3 Å². The minimum absolute atomic E-state index is 0.164. The first-order valence-electron chi connectivity index (χ1n) is 6.71. The molecular weight excluding hydrogens is 262 g/mol. The van der Waals surface area contributed by atoms with E-state index < -0.39 is 0 Å². The van der Waals surface area contributed by atoms with Gasteiger partial charge in [0.2, 0.25) is 0 Å². The maximum atomic E-state index is 12.2. The number of carbonyl (C=O) groups excluding carboxylic acids is 1. The van der Waals surface area contributed by atoms with Gasteiger partial charge in [0, 0.05) is 24.0 Å². The lowest BCUT2D eigenvalue weighted by Crippen LogP contribution is -2.13. The number of nitrogens with two attached hydrogens (primary N) is 1. The summed E-state index contributed by atoms with van der Waals surface area (Å²) in [4.78, 5) is 16.3. The Hall–Kier alpha value is -2.72. The first-order valence-corrected chi connectivity index (χ1v) is 6.71. The Kier molecular flexibility index (Phi) is 3.62. The molecule has 3 aromatic rings. The maximum Gasteiger partial charge on any atom is 0.255 e. The number of hydrogen-bond donors (Lipinski definition) is 2. The molecule has 1 heterocycles. The van der Waals surface area contributed by atoms with E-state index >= 15 is 0 Å². The Bertz CT molecular complexity index is 799. The van der Waals surface area contributed by atoms with Crippen molar-refractivity contribution >= 4 is 22.4 Å². The number of anilines is 1. The predicted octanol–water partition coefficient (Wildman–Crippen LogP) is 2.95. The van der Waals surface area contributed by atoms with Crippen LogP contribution in [0.5, 0.6) is 0 Å². The minimum atomic E-state index is -0.164. The van der Waals surface area contributed by atoms with E-state index in [-0.39, 0.29) is 5.91 Å². The number of pyridine rings is 1. The first kappa shape index (κ1) is 13.3. The van der Waals surface area contributed by atoms with Crippen molar-refractivity contribution in [2.24, 2.45) is 5.73 Å². The molecule has 2 aromatic carbocycles. The van der Waals surface area contributed by atoms with Crippen LogP contribution >= 0.6 is 0 Å². The third-order valence-corrected chi connectivity index (χ3v) is 3.30. The number of nitrogens with zero attached hydrogens (tertiary/aromatic N) is 1. The van der Waals surface area contributed by atoms with Crippen LogP contribution in [0.25, 0.3) is 10.8 Å². The Morgan fingerprint density at radius 2 is 1.86 bits per heavy atom. The second kappa shape index (κ2) is 5.73. The van der Waals surface area contributed by atoms with E-state index in [1.807, 2.05) is 42.5 Å². The highest BCUT2D eigenvalue weighted by molar-refractivity contribution is 6.05. The highest BCUT2D eigenvalue weighted by Crippen LogP contribution is 2.19. The predicted molar refractivity (Wildman–Crippen MR) is 84.0 cm³/mol. The van der Waals surface area contributed by atoms with Crippen LogP contribution in [0.4, 0.5) is 5.69 Å². The zero-order chi connectivity index (χ0) is 14.7. The highest BCUT2D eigenvalue weighted by Gasteiger charge is 2.07. The van der Waals surface area contributed by atoms with Gasteiger partial charge in [-0.3, -0.25) is 9.78 Å². The Balaban J connectivity index is 1.85. The smallest absolute Gasteiger partial charge is 0.255 e. The lowest BCUT2D eigenvalue weighted by molar-refractivity contribution is 0.102. The average molecular weight is 277 g/mol. The third-order valence-electron chi connectivity index (χ3n) is 3.30. The molecule has 1 aromatic heterocycles. The summed E-state index contributed by atoms with van der Waals surface area (Å²) in [5, 5.41) is 5.13. The summed E-state index contributed by atoms with van der Waals surface area (Å²) in [6.07, 6.45) is 1.59. The fraction of sp³-hybridized carbons (Fsp3) is 0.0588. The molecule has 1 amide bonds. The van der Waals surface area contributed by atoms with Gasteiger partial charge in [-0.1, -0.05) is 30.3 Å². The van der Waals surface area contributed by atoms with Gasteiger partial charge in [0.15, 0.2) is 0 Å². The number of benzene rings is 2. The van der Waals surface area contributed by atoms with Gasteiger partial charge in [-0.15, -0.1) is 0 Å². The number of rotatable bonds is 3. The van der Waals surface area contributed by atoms with E-state index in [0.717, 1.165) is 16.5 Å². The molecule has 0 aliphatic heterocycles. The number of aromatic nitrogens is 1. The van der Waals surface area contributed by atoms with Crippen molar-refractivity contribution in [2.75, 3.05) is 5.32 Å². The third kappa shape index (κ3) is 2.90. The Morgan fingerprint density at radius 1 is 1.05 bits per heavy atom. The zero-order valence-electron chi connectivity index (χ0n) is 11.4. The number of nitrogens with one attached hydrogen (secondary N) is 1. The van der Waals surface area contributed by atoms with Crippen molar-refractivity contribution in [2.45, 2.75) is 6.54 Å². The molecule has 0 unspecified atom stereocenters. The van der Waals surface area contributed by atoms with Crippen LogP contribution in [0.3, 0.4) is 0 Å². The zero-order valence-corrected chi connectivity index (χ0v) is 11.4. The normalized spacial score (nSPS) is 10.5. The summed E-state index contributed by atoms with van der Waals surface area (Å²) < 4.78 is 0. The van der Waals surface area contributed by atoms with E-state index in [2.05, 4.69) is 10.3 Å². The molecule has 0 radical (unpaired) electrons. The molecule has 104 valence electrons. The van der Waals surface area contributed by atoms with Gasteiger partial charge in [0.25, 0.3) is 5.91 Å². The molecule has 0 fully saturated rings. The molecule has 0 bridgehead atoms. The second-order valence-corrected chi connectivity index (χ2v) is 4.76. The van der Waals surface area contributed by atoms with E-state index in [9.17, 15) is 4.79 Å². The summed E-state index contributed by atoms with van der Waals surface area (Å²) in [5.74, 6) is -0.164. The van der Waals surface area contributed by atoms with Crippen molar-refractivity contribution in [1.29, 1.82) is 0 Å². The summed E-state index contributed by atoms with van der Waals surface area (Å²) >= 11 is 0. The molecule has 0 aliphatic carbocycles. The van der Waals surface area contributed by atoms with E-state index in [1.165, 1.54) is 0 Å². The van der Waals surface area contributed by atoms with Crippen LogP contribution < -0.4 is 11.1 Å². The fourth-order valence-corrected chi connectivity index (χ4v) is 2.20. The van der Waals surface area contributed by atoms with Gasteiger partial charge in [-0.05, 0) is 35.0 Å². The van der Waals surface area contributed by atoms with Crippen LogP contribution in [-0.4, -0.2) is 10.9 Å².